The van der Waals surface area contributed by atoms with E-state index in [4.69, 9.17) is 17.3 Å². The quantitative estimate of drug-likeness (QED) is 0.885. The Bertz CT molecular complexity index is 698. The van der Waals surface area contributed by atoms with Crippen molar-refractivity contribution in [1.29, 1.82) is 0 Å². The Labute approximate surface area is 127 Å². The number of benzene rings is 1. The number of nitrogens with one attached hydrogen (secondary N) is 1. The van der Waals surface area contributed by atoms with Gasteiger partial charge in [0, 0.05) is 27.9 Å². The summed E-state index contributed by atoms with van der Waals surface area (Å²) in [6.45, 7) is 2.09. The Morgan fingerprint density at radius 3 is 2.70 bits per heavy atom. The van der Waals surface area contributed by atoms with Crippen molar-refractivity contribution in [2.24, 2.45) is 5.73 Å². The van der Waals surface area contributed by atoms with Crippen LogP contribution in [0.3, 0.4) is 0 Å². The zero-order valence-corrected chi connectivity index (χ0v) is 13.2. The molecule has 1 atom stereocenters. The number of hydrogen-bond donors (Lipinski definition) is 2. The van der Waals surface area contributed by atoms with E-state index in [2.05, 4.69) is 4.72 Å². The summed E-state index contributed by atoms with van der Waals surface area (Å²) < 4.78 is 27.2. The molecule has 7 heteroatoms. The largest absolute Gasteiger partial charge is 0.326 e. The van der Waals surface area contributed by atoms with Gasteiger partial charge in [0.15, 0.2) is 0 Å². The second-order valence-electron chi connectivity index (χ2n) is 4.32. The lowest BCUT2D eigenvalue weighted by Crippen LogP contribution is -2.26. The lowest BCUT2D eigenvalue weighted by molar-refractivity contribution is 0.567. The summed E-state index contributed by atoms with van der Waals surface area (Å²) >= 11 is 7.40. The molecule has 2 rings (SSSR count). The maximum Gasteiger partial charge on any atom is 0.241 e. The van der Waals surface area contributed by atoms with E-state index in [1.165, 1.54) is 11.3 Å². The van der Waals surface area contributed by atoms with Crippen LogP contribution in [-0.2, 0) is 16.6 Å². The predicted octanol–water partition coefficient (Wildman–Crippen LogP) is 2.90. The van der Waals surface area contributed by atoms with Crippen molar-refractivity contribution < 1.29 is 8.42 Å². The highest BCUT2D eigenvalue weighted by Crippen LogP contribution is 2.25. The number of halogens is 1. The molecule has 0 radical (unpaired) electrons. The molecule has 0 bridgehead atoms. The lowest BCUT2D eigenvalue weighted by Gasteiger charge is -2.15. The third kappa shape index (κ3) is 3.39. The SMILES string of the molecule is CC(NS(=O)(=O)c1csc(CN)c1)c1ccccc1Cl. The van der Waals surface area contributed by atoms with E-state index in [9.17, 15) is 8.42 Å². The Morgan fingerprint density at radius 2 is 2.10 bits per heavy atom. The maximum absolute atomic E-state index is 12.3. The Kier molecular flexibility index (Phi) is 4.82. The predicted molar refractivity (Wildman–Crippen MR) is 82.4 cm³/mol. The van der Waals surface area contributed by atoms with Crippen LogP contribution in [0.25, 0.3) is 0 Å². The van der Waals surface area contributed by atoms with Gasteiger partial charge in [0.1, 0.15) is 0 Å². The van der Waals surface area contributed by atoms with Crippen molar-refractivity contribution >= 4 is 33.0 Å². The Morgan fingerprint density at radius 1 is 1.40 bits per heavy atom. The summed E-state index contributed by atoms with van der Waals surface area (Å²) in [4.78, 5) is 1.07. The van der Waals surface area contributed by atoms with Crippen molar-refractivity contribution in [3.63, 3.8) is 0 Å². The van der Waals surface area contributed by atoms with Crippen LogP contribution in [0.4, 0.5) is 0 Å². The fraction of sp³-hybridized carbons (Fsp3) is 0.231. The first-order valence-electron chi connectivity index (χ1n) is 5.98. The zero-order valence-electron chi connectivity index (χ0n) is 10.8. The van der Waals surface area contributed by atoms with Crippen molar-refractivity contribution in [2.45, 2.75) is 24.4 Å². The summed E-state index contributed by atoms with van der Waals surface area (Å²) in [7, 11) is -3.57. The molecule has 4 nitrogen and oxygen atoms in total. The summed E-state index contributed by atoms with van der Waals surface area (Å²) in [5.74, 6) is 0. The van der Waals surface area contributed by atoms with E-state index >= 15 is 0 Å². The maximum atomic E-state index is 12.3. The lowest BCUT2D eigenvalue weighted by atomic mass is 10.1. The van der Waals surface area contributed by atoms with Crippen LogP contribution in [0.2, 0.25) is 5.02 Å². The highest BCUT2D eigenvalue weighted by atomic mass is 35.5. The van der Waals surface area contributed by atoms with Crippen LogP contribution in [0.1, 0.15) is 23.4 Å². The van der Waals surface area contributed by atoms with Crippen LogP contribution >= 0.6 is 22.9 Å². The third-order valence-electron chi connectivity index (χ3n) is 2.84. The zero-order chi connectivity index (χ0) is 14.8. The van der Waals surface area contributed by atoms with Crippen molar-refractivity contribution in [1.82, 2.24) is 4.72 Å². The smallest absolute Gasteiger partial charge is 0.241 e. The first-order valence-corrected chi connectivity index (χ1v) is 8.72. The minimum Gasteiger partial charge on any atom is -0.326 e. The second kappa shape index (κ2) is 6.24. The molecule has 0 fully saturated rings. The highest BCUT2D eigenvalue weighted by molar-refractivity contribution is 7.89. The van der Waals surface area contributed by atoms with E-state index in [-0.39, 0.29) is 4.90 Å². The number of hydrogen-bond acceptors (Lipinski definition) is 4. The standard InChI is InChI=1S/C13H15ClN2O2S2/c1-9(12-4-2-3-5-13(12)14)16-20(17,18)11-6-10(7-15)19-8-11/h2-6,8-9,16H,7,15H2,1H3. The first kappa shape index (κ1) is 15.5. The summed E-state index contributed by atoms with van der Waals surface area (Å²) in [5, 5.41) is 2.12. The van der Waals surface area contributed by atoms with Crippen molar-refractivity contribution in [3.8, 4) is 0 Å². The molecule has 0 aliphatic carbocycles. The molecular formula is C13H15ClN2O2S2. The Hall–Kier alpha value is -0.920. The number of thiophene rings is 1. The van der Waals surface area contributed by atoms with Gasteiger partial charge < -0.3 is 5.73 Å². The molecule has 0 amide bonds. The second-order valence-corrected chi connectivity index (χ2v) is 7.43. The number of rotatable bonds is 5. The average molecular weight is 331 g/mol. The molecule has 0 saturated carbocycles. The van der Waals surface area contributed by atoms with Crippen LogP contribution in [0, 0.1) is 0 Å². The molecule has 1 aromatic heterocycles. The highest BCUT2D eigenvalue weighted by Gasteiger charge is 2.20. The van der Waals surface area contributed by atoms with Crippen LogP contribution in [-0.4, -0.2) is 8.42 Å². The summed E-state index contributed by atoms with van der Waals surface area (Å²) in [6.07, 6.45) is 0. The van der Waals surface area contributed by atoms with Crippen LogP contribution in [0.15, 0.2) is 40.6 Å². The molecule has 1 aromatic carbocycles. The molecule has 1 heterocycles. The van der Waals surface area contributed by atoms with Crippen molar-refractivity contribution in [3.05, 3.63) is 51.2 Å². The van der Waals surface area contributed by atoms with Gasteiger partial charge in [-0.2, -0.15) is 0 Å². The molecule has 2 aromatic rings. The molecule has 0 spiro atoms. The van der Waals surface area contributed by atoms with Gasteiger partial charge in [0.25, 0.3) is 0 Å². The Balaban J connectivity index is 2.22. The van der Waals surface area contributed by atoms with Crippen LogP contribution in [0.5, 0.6) is 0 Å². The van der Waals surface area contributed by atoms with Gasteiger partial charge in [-0.1, -0.05) is 29.8 Å². The van der Waals surface area contributed by atoms with E-state index in [0.717, 1.165) is 10.4 Å². The topological polar surface area (TPSA) is 72.2 Å². The van der Waals surface area contributed by atoms with E-state index in [0.29, 0.717) is 11.6 Å². The molecule has 3 N–H and O–H groups in total. The fourth-order valence-electron chi connectivity index (χ4n) is 1.80. The summed E-state index contributed by atoms with van der Waals surface area (Å²) in [6, 6.07) is 8.34. The van der Waals surface area contributed by atoms with E-state index < -0.39 is 16.1 Å². The first-order chi connectivity index (χ1) is 9.44. The molecule has 0 aliphatic rings. The molecule has 1 unspecified atom stereocenters. The van der Waals surface area contributed by atoms with Gasteiger partial charge in [-0.25, -0.2) is 13.1 Å². The number of sulfonamides is 1. The minimum absolute atomic E-state index is 0.238. The molecule has 0 aliphatic heterocycles. The van der Waals surface area contributed by atoms with Gasteiger partial charge in [0.2, 0.25) is 10.0 Å². The van der Waals surface area contributed by atoms with Gasteiger partial charge >= 0.3 is 0 Å². The van der Waals surface area contributed by atoms with Crippen molar-refractivity contribution in [2.75, 3.05) is 0 Å². The monoisotopic (exact) mass is 330 g/mol. The molecule has 20 heavy (non-hydrogen) atoms. The average Bonchev–Trinajstić information content (AvgIpc) is 2.88. The van der Waals surface area contributed by atoms with Gasteiger partial charge in [0.05, 0.1) is 4.90 Å². The molecular weight excluding hydrogens is 316 g/mol. The summed E-state index contributed by atoms with van der Waals surface area (Å²) in [5.41, 5.74) is 6.24. The van der Waals surface area contributed by atoms with Crippen LogP contribution < -0.4 is 10.5 Å². The molecule has 0 saturated heterocycles. The normalized spacial score (nSPS) is 13.3. The molecule has 108 valence electrons. The van der Waals surface area contributed by atoms with Gasteiger partial charge in [-0.15, -0.1) is 11.3 Å². The third-order valence-corrected chi connectivity index (χ3v) is 5.82. The van der Waals surface area contributed by atoms with Gasteiger partial charge in [-0.05, 0) is 24.6 Å². The fourth-order valence-corrected chi connectivity index (χ4v) is 4.48. The van der Waals surface area contributed by atoms with E-state index in [1.54, 1.807) is 36.6 Å². The minimum atomic E-state index is -3.57. The van der Waals surface area contributed by atoms with Gasteiger partial charge in [-0.3, -0.25) is 0 Å². The number of nitrogens with two attached hydrogens (primary N) is 1. The van der Waals surface area contributed by atoms with E-state index in [1.807, 2.05) is 6.07 Å².